The number of hydrogen-bond donors (Lipinski definition) is 1. The first-order valence-electron chi connectivity index (χ1n) is 10.8. The minimum absolute atomic E-state index is 0. The van der Waals surface area contributed by atoms with Gasteiger partial charge in [0.25, 0.3) is 0 Å². The molecule has 0 saturated carbocycles. The van der Waals surface area contributed by atoms with Crippen LogP contribution in [0.25, 0.3) is 0 Å². The number of thiophene rings is 1. The molecule has 4 heterocycles. The van der Waals surface area contributed by atoms with Crippen molar-refractivity contribution in [3.63, 3.8) is 0 Å². The number of nitrogens with one attached hydrogen (secondary N) is 1. The zero-order valence-electron chi connectivity index (χ0n) is 17.7. The van der Waals surface area contributed by atoms with E-state index in [1.807, 2.05) is 4.90 Å². The highest BCUT2D eigenvalue weighted by Gasteiger charge is 2.32. The van der Waals surface area contributed by atoms with Gasteiger partial charge in [-0.05, 0) is 43.2 Å². The van der Waals surface area contributed by atoms with Gasteiger partial charge in [-0.3, -0.25) is 9.79 Å². The predicted octanol–water partition coefficient (Wildman–Crippen LogP) is 2.49. The molecule has 0 spiro atoms. The fraction of sp³-hybridized carbons (Fsp3) is 0.714. The van der Waals surface area contributed by atoms with Crippen molar-refractivity contribution < 1.29 is 14.3 Å². The molecule has 2 saturated heterocycles. The molecule has 0 aromatic carbocycles. The highest BCUT2D eigenvalue weighted by atomic mass is 127. The Morgan fingerprint density at radius 1 is 1.27 bits per heavy atom. The Kier molecular flexibility index (Phi) is 9.21. The summed E-state index contributed by atoms with van der Waals surface area (Å²) in [6.07, 6.45) is 3.91. The van der Waals surface area contributed by atoms with Gasteiger partial charge in [0.2, 0.25) is 5.91 Å². The van der Waals surface area contributed by atoms with E-state index in [1.54, 1.807) is 11.3 Å². The molecule has 0 aliphatic carbocycles. The van der Waals surface area contributed by atoms with E-state index in [0.29, 0.717) is 19.6 Å². The maximum absolute atomic E-state index is 12.7. The summed E-state index contributed by atoms with van der Waals surface area (Å²) in [4.78, 5) is 23.1. The van der Waals surface area contributed by atoms with Gasteiger partial charge < -0.3 is 24.6 Å². The molecular weight excluding hydrogens is 515 g/mol. The predicted molar refractivity (Wildman–Crippen MR) is 130 cm³/mol. The molecule has 7 nitrogen and oxygen atoms in total. The Morgan fingerprint density at radius 2 is 2.13 bits per heavy atom. The van der Waals surface area contributed by atoms with Crippen molar-refractivity contribution in [1.29, 1.82) is 0 Å². The number of carbonyl (C=O) groups is 1. The molecule has 0 bridgehead atoms. The van der Waals surface area contributed by atoms with Crippen LogP contribution in [0.15, 0.2) is 16.4 Å². The molecule has 30 heavy (non-hydrogen) atoms. The molecule has 1 amide bonds. The first-order valence-corrected chi connectivity index (χ1v) is 11.7. The molecular formula is C21H33IN4O3S. The van der Waals surface area contributed by atoms with Crippen LogP contribution < -0.4 is 5.32 Å². The van der Waals surface area contributed by atoms with E-state index in [1.165, 1.54) is 10.4 Å². The fourth-order valence-corrected chi connectivity index (χ4v) is 5.18. The number of amides is 1. The zero-order chi connectivity index (χ0) is 20.1. The lowest BCUT2D eigenvalue weighted by Gasteiger charge is -2.37. The molecule has 2 atom stereocenters. The Labute approximate surface area is 200 Å². The van der Waals surface area contributed by atoms with Gasteiger partial charge in [0.1, 0.15) is 6.10 Å². The van der Waals surface area contributed by atoms with Crippen LogP contribution >= 0.6 is 35.3 Å². The second-order valence-corrected chi connectivity index (χ2v) is 8.83. The van der Waals surface area contributed by atoms with Gasteiger partial charge in [-0.1, -0.05) is 0 Å². The number of fused-ring (bicyclic) bond motifs is 1. The summed E-state index contributed by atoms with van der Waals surface area (Å²) in [5, 5.41) is 5.51. The van der Waals surface area contributed by atoms with Gasteiger partial charge in [0, 0.05) is 50.6 Å². The van der Waals surface area contributed by atoms with E-state index >= 15 is 0 Å². The highest BCUT2D eigenvalue weighted by molar-refractivity contribution is 14.0. The number of hydrogen-bond acceptors (Lipinski definition) is 5. The summed E-state index contributed by atoms with van der Waals surface area (Å²) >= 11 is 1.80. The second-order valence-electron chi connectivity index (χ2n) is 7.83. The average Bonchev–Trinajstić information content (AvgIpc) is 3.44. The maximum Gasteiger partial charge on any atom is 0.224 e. The van der Waals surface area contributed by atoms with E-state index in [4.69, 9.17) is 14.5 Å². The van der Waals surface area contributed by atoms with Crippen molar-refractivity contribution in [3.05, 3.63) is 21.9 Å². The van der Waals surface area contributed by atoms with Crippen molar-refractivity contribution in [2.24, 2.45) is 4.99 Å². The summed E-state index contributed by atoms with van der Waals surface area (Å²) in [6.45, 7) is 8.09. The van der Waals surface area contributed by atoms with Gasteiger partial charge in [-0.15, -0.1) is 35.3 Å². The fourth-order valence-electron chi connectivity index (χ4n) is 4.29. The summed E-state index contributed by atoms with van der Waals surface area (Å²) in [5.74, 6) is 1.08. The Balaban J connectivity index is 0.00000256. The number of rotatable bonds is 5. The number of nitrogens with zero attached hydrogens (tertiary/aromatic N) is 3. The number of guanidine groups is 1. The molecule has 9 heteroatoms. The third kappa shape index (κ3) is 5.86. The molecule has 4 rings (SSSR count). The van der Waals surface area contributed by atoms with Crippen molar-refractivity contribution in [3.8, 4) is 0 Å². The third-order valence-corrected chi connectivity index (χ3v) is 6.88. The van der Waals surface area contributed by atoms with Crippen LogP contribution in [-0.2, 0) is 27.2 Å². The first-order chi connectivity index (χ1) is 14.2. The molecule has 3 aliphatic heterocycles. The molecule has 2 fully saturated rings. The van der Waals surface area contributed by atoms with E-state index in [-0.39, 0.29) is 42.1 Å². The third-order valence-electron chi connectivity index (χ3n) is 5.86. The lowest BCUT2D eigenvalue weighted by atomic mass is 10.1. The van der Waals surface area contributed by atoms with Crippen LogP contribution in [-0.4, -0.2) is 79.8 Å². The monoisotopic (exact) mass is 548 g/mol. The molecule has 1 aromatic heterocycles. The largest absolute Gasteiger partial charge is 0.375 e. The zero-order valence-corrected chi connectivity index (χ0v) is 20.8. The van der Waals surface area contributed by atoms with E-state index < -0.39 is 0 Å². The quantitative estimate of drug-likeness (QED) is 0.348. The summed E-state index contributed by atoms with van der Waals surface area (Å²) in [7, 11) is 0. The lowest BCUT2D eigenvalue weighted by molar-refractivity contribution is -0.131. The summed E-state index contributed by atoms with van der Waals surface area (Å²) < 4.78 is 11.8. The topological polar surface area (TPSA) is 66.4 Å². The maximum atomic E-state index is 12.7. The van der Waals surface area contributed by atoms with E-state index in [9.17, 15) is 4.79 Å². The van der Waals surface area contributed by atoms with Gasteiger partial charge in [0.05, 0.1) is 19.3 Å². The molecule has 1 aromatic rings. The van der Waals surface area contributed by atoms with Crippen molar-refractivity contribution in [1.82, 2.24) is 15.1 Å². The molecule has 2 unspecified atom stereocenters. The SMILES string of the molecule is CCNC(=NCCC(=O)N1CCc2sccc2C1)N1CCOC(C2CCCO2)C1.I. The average molecular weight is 548 g/mol. The van der Waals surface area contributed by atoms with Crippen LogP contribution in [0.3, 0.4) is 0 Å². The van der Waals surface area contributed by atoms with Gasteiger partial charge in [-0.2, -0.15) is 0 Å². The molecule has 1 N–H and O–H groups in total. The number of aliphatic imine (C=N–C) groups is 1. The number of ether oxygens (including phenoxy) is 2. The van der Waals surface area contributed by atoms with Crippen LogP contribution in [0.2, 0.25) is 0 Å². The molecule has 3 aliphatic rings. The van der Waals surface area contributed by atoms with Crippen LogP contribution in [0.5, 0.6) is 0 Å². The van der Waals surface area contributed by atoms with Gasteiger partial charge in [-0.25, -0.2) is 0 Å². The van der Waals surface area contributed by atoms with Crippen molar-refractivity contribution in [2.45, 2.75) is 51.4 Å². The summed E-state index contributed by atoms with van der Waals surface area (Å²) in [6, 6.07) is 2.14. The van der Waals surface area contributed by atoms with Crippen LogP contribution in [0.4, 0.5) is 0 Å². The normalized spacial score (nSPS) is 24.4. The highest BCUT2D eigenvalue weighted by Crippen LogP contribution is 2.24. The molecule has 0 radical (unpaired) electrons. The number of halogens is 1. The Hall–Kier alpha value is -0.910. The summed E-state index contributed by atoms with van der Waals surface area (Å²) in [5.41, 5.74) is 1.31. The van der Waals surface area contributed by atoms with E-state index in [0.717, 1.165) is 64.6 Å². The second kappa shape index (κ2) is 11.6. The van der Waals surface area contributed by atoms with Crippen molar-refractivity contribution >= 4 is 47.2 Å². The molecule has 168 valence electrons. The standard InChI is InChI=1S/C21H32N4O3S.HI/c1-2-22-21(25-10-12-28-18(15-25)17-4-3-11-27-17)23-8-5-20(26)24-9-6-19-16(14-24)7-13-29-19;/h7,13,17-18H,2-6,8-12,14-15H2,1H3,(H,22,23);1H. The Bertz CT molecular complexity index is 723. The van der Waals surface area contributed by atoms with Crippen LogP contribution in [0, 0.1) is 0 Å². The van der Waals surface area contributed by atoms with Gasteiger partial charge in [0.15, 0.2) is 5.96 Å². The minimum Gasteiger partial charge on any atom is -0.375 e. The van der Waals surface area contributed by atoms with Crippen molar-refractivity contribution in [2.75, 3.05) is 45.9 Å². The minimum atomic E-state index is 0. The smallest absolute Gasteiger partial charge is 0.224 e. The van der Waals surface area contributed by atoms with Crippen LogP contribution in [0.1, 0.15) is 36.6 Å². The first kappa shape index (κ1) is 23.7. The van der Waals surface area contributed by atoms with Gasteiger partial charge >= 0.3 is 0 Å². The number of morpholine rings is 1. The van der Waals surface area contributed by atoms with E-state index in [2.05, 4.69) is 28.6 Å². The Morgan fingerprint density at radius 3 is 2.93 bits per heavy atom. The lowest BCUT2D eigenvalue weighted by Crippen LogP contribution is -2.53. The number of carbonyl (C=O) groups excluding carboxylic acids is 1.